The third kappa shape index (κ3) is 5.74. The summed E-state index contributed by atoms with van der Waals surface area (Å²) < 4.78 is 0. The van der Waals surface area contributed by atoms with Crippen molar-refractivity contribution in [2.45, 2.75) is 37.2 Å². The van der Waals surface area contributed by atoms with E-state index in [1.807, 2.05) is 54.6 Å². The Morgan fingerprint density at radius 3 is 2.36 bits per heavy atom. The Bertz CT molecular complexity index is 1680. The molecule has 0 saturated carbocycles. The molecule has 3 aliphatic rings. The Morgan fingerprint density at radius 1 is 1.07 bits per heavy atom. The van der Waals surface area contributed by atoms with Gasteiger partial charge in [-0.15, -0.1) is 0 Å². The van der Waals surface area contributed by atoms with Crippen molar-refractivity contribution in [1.82, 2.24) is 9.80 Å². The van der Waals surface area contributed by atoms with Crippen molar-refractivity contribution in [2.75, 3.05) is 19.6 Å². The number of rotatable bonds is 11. The van der Waals surface area contributed by atoms with Crippen molar-refractivity contribution in [2.24, 2.45) is 11.8 Å². The fourth-order valence-corrected chi connectivity index (χ4v) is 8.96. The highest BCUT2D eigenvalue weighted by Gasteiger charge is 2.68. The number of carbonyl (C=O) groups is 3. The Morgan fingerprint density at radius 2 is 1.73 bits per heavy atom. The Kier molecular flexibility index (Phi) is 8.71. The van der Waals surface area contributed by atoms with E-state index >= 15 is 0 Å². The number of hydrogen-bond acceptors (Lipinski definition) is 8. The molecule has 0 spiro atoms. The molecule has 11 heteroatoms. The van der Waals surface area contributed by atoms with E-state index in [4.69, 9.17) is 0 Å². The summed E-state index contributed by atoms with van der Waals surface area (Å²) in [5, 5.41) is 21.6. The largest absolute Gasteiger partial charge is 0.392 e. The number of hydrogen-bond donors (Lipinski definition) is 2. The van der Waals surface area contributed by atoms with Crippen LogP contribution in [0.15, 0.2) is 89.5 Å². The van der Waals surface area contributed by atoms with Gasteiger partial charge in [-0.05, 0) is 36.1 Å². The number of β-lactam (4-membered cyclic amide) rings is 1. The van der Waals surface area contributed by atoms with Gasteiger partial charge in [-0.1, -0.05) is 98.0 Å². The van der Waals surface area contributed by atoms with E-state index in [0.29, 0.717) is 37.9 Å². The number of aliphatic hydroxyl groups is 1. The predicted molar refractivity (Wildman–Crippen MR) is 176 cm³/mol. The van der Waals surface area contributed by atoms with Crippen molar-refractivity contribution >= 4 is 46.9 Å². The number of thiol groups is 1. The van der Waals surface area contributed by atoms with Gasteiger partial charge in [0.15, 0.2) is 5.78 Å². The van der Waals surface area contributed by atoms with Crippen molar-refractivity contribution in [1.29, 1.82) is 0 Å². The monoisotopic (exact) mass is 643 g/mol. The zero-order valence-corrected chi connectivity index (χ0v) is 26.4. The molecule has 1 N–H and O–H groups in total. The first-order valence-corrected chi connectivity index (χ1v) is 16.2. The molecular weight excluding hydrogens is 611 g/mol. The highest BCUT2D eigenvalue weighted by molar-refractivity contribution is 8.05. The molecule has 232 valence electrons. The van der Waals surface area contributed by atoms with Crippen LogP contribution in [0.2, 0.25) is 0 Å². The normalized spacial score (nSPS) is 23.5. The molecule has 4 atom stereocenters. The molecule has 45 heavy (non-hydrogen) atoms. The fourth-order valence-electron chi connectivity index (χ4n) is 6.74. The third-order valence-electron chi connectivity index (χ3n) is 9.03. The lowest BCUT2D eigenvalue weighted by molar-refractivity contribution is -0.384. The van der Waals surface area contributed by atoms with Crippen LogP contribution in [-0.2, 0) is 16.0 Å². The van der Waals surface area contributed by atoms with Crippen LogP contribution in [0, 0.1) is 22.0 Å². The van der Waals surface area contributed by atoms with Crippen LogP contribution in [0.3, 0.4) is 0 Å². The molecule has 0 bridgehead atoms. The second-order valence-corrected chi connectivity index (χ2v) is 13.5. The summed E-state index contributed by atoms with van der Waals surface area (Å²) in [6.07, 6.45) is 0.438. The molecule has 0 radical (unpaired) electrons. The number of nitro benzene ring substituents is 1. The zero-order chi connectivity index (χ0) is 31.9. The molecule has 6 rings (SSSR count). The third-order valence-corrected chi connectivity index (χ3v) is 10.9. The number of aliphatic hydroxyl groups excluding tert-OH is 1. The first-order valence-electron chi connectivity index (χ1n) is 15.0. The molecule has 2 fully saturated rings. The minimum absolute atomic E-state index is 0.00795. The van der Waals surface area contributed by atoms with Crippen molar-refractivity contribution in [3.05, 3.63) is 111 Å². The van der Waals surface area contributed by atoms with Gasteiger partial charge >= 0.3 is 0 Å². The maximum atomic E-state index is 13.5. The van der Waals surface area contributed by atoms with Crippen molar-refractivity contribution in [3.8, 4) is 11.1 Å². The van der Waals surface area contributed by atoms with Crippen LogP contribution in [0.25, 0.3) is 11.1 Å². The standard InChI is InChI=1S/C34H33N3O6S2/c1-2-27(38)29-32(40)36-30(33(41)44)31(45-34(29,36)18-21-8-14-26(15-9-21)37(42)43)25-16-17-35(19-25)20-28(39)24-12-10-23(11-13-24)22-6-4-3-5-7-22/h3-15,25,27,29,38H,2,16-20H2,1H3,(H,41,44)/t25-,27-,29+,34+/m0/s1. The van der Waals surface area contributed by atoms with Gasteiger partial charge in [0.05, 0.1) is 23.5 Å². The van der Waals surface area contributed by atoms with Gasteiger partial charge in [0, 0.05) is 41.5 Å². The lowest BCUT2D eigenvalue weighted by Gasteiger charge is -2.55. The summed E-state index contributed by atoms with van der Waals surface area (Å²) in [7, 11) is 0. The zero-order valence-electron chi connectivity index (χ0n) is 24.7. The van der Waals surface area contributed by atoms with Crippen LogP contribution in [0.5, 0.6) is 0 Å². The Balaban J connectivity index is 1.21. The molecular formula is C34H33N3O6S2. The summed E-state index contributed by atoms with van der Waals surface area (Å²) in [5.74, 6) is -1.16. The van der Waals surface area contributed by atoms with Crippen molar-refractivity contribution in [3.63, 3.8) is 0 Å². The molecule has 0 aliphatic carbocycles. The molecule has 3 aromatic carbocycles. The van der Waals surface area contributed by atoms with Gasteiger partial charge in [-0.3, -0.25) is 34.3 Å². The van der Waals surface area contributed by atoms with Gasteiger partial charge in [-0.25, -0.2) is 0 Å². The Labute approximate surface area is 270 Å². The second kappa shape index (κ2) is 12.6. The van der Waals surface area contributed by atoms with Gasteiger partial charge in [0.2, 0.25) is 11.0 Å². The van der Waals surface area contributed by atoms with E-state index in [1.54, 1.807) is 19.1 Å². The van der Waals surface area contributed by atoms with Gasteiger partial charge in [-0.2, -0.15) is 0 Å². The average molecular weight is 644 g/mol. The smallest absolute Gasteiger partial charge is 0.269 e. The fraction of sp³-hybridized carbons (Fsp3) is 0.324. The van der Waals surface area contributed by atoms with E-state index in [9.17, 15) is 29.6 Å². The number of fused-ring (bicyclic) bond motifs is 1. The summed E-state index contributed by atoms with van der Waals surface area (Å²) in [6.45, 7) is 3.23. The summed E-state index contributed by atoms with van der Waals surface area (Å²) in [4.78, 5) is 53.8. The SMILES string of the molecule is CC[C@H](O)[C@@H]1C(=O)N2C(C(=O)S)=C([C@H]3CCN(CC(=O)c4ccc(-c5ccccc5)cc4)C3)S[C@]12Cc1ccc([N+](=O)[O-])cc1. The van der Waals surface area contributed by atoms with Crippen LogP contribution < -0.4 is 0 Å². The average Bonchev–Trinajstić information content (AvgIpc) is 3.62. The van der Waals surface area contributed by atoms with Gasteiger partial charge in [0.25, 0.3) is 5.69 Å². The van der Waals surface area contributed by atoms with E-state index in [1.165, 1.54) is 28.8 Å². The molecule has 1 amide bonds. The van der Waals surface area contributed by atoms with Gasteiger partial charge < -0.3 is 5.11 Å². The van der Waals surface area contributed by atoms with Crippen LogP contribution in [0.1, 0.15) is 35.7 Å². The molecule has 3 aliphatic heterocycles. The number of likely N-dealkylation sites (tertiary alicyclic amines) is 1. The summed E-state index contributed by atoms with van der Waals surface area (Å²) in [5.41, 5.74) is 3.70. The van der Waals surface area contributed by atoms with Crippen LogP contribution in [0.4, 0.5) is 5.69 Å². The number of non-ortho nitro benzene ring substituents is 1. The number of benzene rings is 3. The number of nitro groups is 1. The van der Waals surface area contributed by atoms with E-state index in [-0.39, 0.29) is 35.5 Å². The number of carbonyl (C=O) groups excluding carboxylic acids is 3. The summed E-state index contributed by atoms with van der Waals surface area (Å²) >= 11 is 5.60. The molecule has 2 saturated heterocycles. The second-order valence-electron chi connectivity index (χ2n) is 11.8. The molecule has 0 unspecified atom stereocenters. The highest BCUT2D eigenvalue weighted by Crippen LogP contribution is 2.62. The maximum absolute atomic E-state index is 13.5. The quantitative estimate of drug-likeness (QED) is 0.0944. The van der Waals surface area contributed by atoms with Crippen LogP contribution in [-0.4, -0.2) is 67.2 Å². The number of amides is 1. The van der Waals surface area contributed by atoms with E-state index < -0.39 is 26.9 Å². The lowest BCUT2D eigenvalue weighted by atomic mass is 9.77. The number of thioether (sulfide) groups is 1. The number of nitrogens with zero attached hydrogens (tertiary/aromatic N) is 3. The minimum atomic E-state index is -0.949. The summed E-state index contributed by atoms with van der Waals surface area (Å²) in [6, 6.07) is 23.7. The minimum Gasteiger partial charge on any atom is -0.392 e. The topological polar surface area (TPSA) is 121 Å². The van der Waals surface area contributed by atoms with Crippen LogP contribution >= 0.6 is 24.4 Å². The number of ketones is 1. The van der Waals surface area contributed by atoms with E-state index in [0.717, 1.165) is 21.6 Å². The van der Waals surface area contributed by atoms with Gasteiger partial charge in [0.1, 0.15) is 10.6 Å². The maximum Gasteiger partial charge on any atom is 0.269 e. The first kappa shape index (κ1) is 31.2. The first-order chi connectivity index (χ1) is 21.6. The van der Waals surface area contributed by atoms with Crippen molar-refractivity contribution < 1.29 is 24.4 Å². The molecule has 0 aromatic heterocycles. The Hall–Kier alpha value is -3.77. The molecule has 3 aromatic rings. The van der Waals surface area contributed by atoms with E-state index in [2.05, 4.69) is 17.5 Å². The highest BCUT2D eigenvalue weighted by atomic mass is 32.2. The molecule has 9 nitrogen and oxygen atoms in total. The molecule has 3 heterocycles. The lowest BCUT2D eigenvalue weighted by Crippen LogP contribution is -2.71. The predicted octanol–water partition coefficient (Wildman–Crippen LogP) is 5.35. The number of Topliss-reactive ketones (excluding diaryl/α,β-unsaturated/α-hetero) is 1.